The third-order valence-electron chi connectivity index (χ3n) is 4.27. The van der Waals surface area contributed by atoms with Crippen LogP contribution in [0.5, 0.6) is 0 Å². The highest BCUT2D eigenvalue weighted by Crippen LogP contribution is 2.22. The van der Waals surface area contributed by atoms with Gasteiger partial charge < -0.3 is 5.32 Å². The van der Waals surface area contributed by atoms with Crippen molar-refractivity contribution in [3.05, 3.63) is 94.3 Å². The fourth-order valence-corrected chi connectivity index (χ4v) is 3.41. The average molecular weight is 424 g/mol. The molecule has 4 aromatic rings. The van der Waals surface area contributed by atoms with Gasteiger partial charge >= 0.3 is 0 Å². The van der Waals surface area contributed by atoms with Gasteiger partial charge in [0.2, 0.25) is 0 Å². The molecule has 0 unspecified atom stereocenters. The Morgan fingerprint density at radius 1 is 1.07 bits per heavy atom. The number of rotatable bonds is 4. The van der Waals surface area contributed by atoms with Crippen LogP contribution in [-0.4, -0.2) is 15.7 Å². The van der Waals surface area contributed by atoms with Crippen LogP contribution in [0.25, 0.3) is 16.6 Å². The van der Waals surface area contributed by atoms with Crippen LogP contribution in [0.4, 0.5) is 4.39 Å². The maximum absolute atomic E-state index is 13.2. The zero-order valence-corrected chi connectivity index (χ0v) is 15.8. The predicted molar refractivity (Wildman–Crippen MR) is 106 cm³/mol. The van der Waals surface area contributed by atoms with Crippen LogP contribution in [0.2, 0.25) is 0 Å². The van der Waals surface area contributed by atoms with Gasteiger partial charge in [-0.05, 0) is 54.1 Å². The molecule has 27 heavy (non-hydrogen) atoms. The van der Waals surface area contributed by atoms with Crippen LogP contribution < -0.4 is 5.32 Å². The maximum Gasteiger partial charge on any atom is 0.252 e. The zero-order valence-electron chi connectivity index (χ0n) is 14.2. The largest absolute Gasteiger partial charge is 0.348 e. The molecule has 4 nitrogen and oxygen atoms in total. The first-order valence-corrected chi connectivity index (χ1v) is 9.16. The Bertz CT molecular complexity index is 1120. The topological polar surface area (TPSA) is 46.9 Å². The molecule has 6 heteroatoms. The molecule has 0 bridgehead atoms. The van der Waals surface area contributed by atoms with E-state index in [9.17, 15) is 9.18 Å². The van der Waals surface area contributed by atoms with Crippen LogP contribution in [0.15, 0.2) is 77.4 Å². The van der Waals surface area contributed by atoms with Gasteiger partial charge in [-0.1, -0.05) is 34.1 Å². The smallest absolute Gasteiger partial charge is 0.252 e. The minimum absolute atomic E-state index is 0.167. The molecule has 134 valence electrons. The molecular formula is C21H15BrFN3O. The Morgan fingerprint density at radius 2 is 1.85 bits per heavy atom. The summed E-state index contributed by atoms with van der Waals surface area (Å²) in [6.45, 7) is 0.431. The van der Waals surface area contributed by atoms with Crippen molar-refractivity contribution in [3.8, 4) is 5.69 Å². The van der Waals surface area contributed by atoms with Gasteiger partial charge in [-0.25, -0.2) is 9.07 Å². The van der Waals surface area contributed by atoms with Crippen molar-refractivity contribution in [1.29, 1.82) is 0 Å². The fraction of sp³-hybridized carbons (Fsp3) is 0.0476. The van der Waals surface area contributed by atoms with Crippen LogP contribution in [0, 0.1) is 5.82 Å². The van der Waals surface area contributed by atoms with Crippen molar-refractivity contribution in [3.63, 3.8) is 0 Å². The first-order chi connectivity index (χ1) is 13.1. The molecule has 1 aromatic heterocycles. The summed E-state index contributed by atoms with van der Waals surface area (Å²) >= 11 is 3.43. The van der Waals surface area contributed by atoms with E-state index in [1.807, 2.05) is 36.4 Å². The Hall–Kier alpha value is -2.99. The number of halogens is 2. The lowest BCUT2D eigenvalue weighted by molar-refractivity contribution is 0.0952. The first kappa shape index (κ1) is 17.4. The lowest BCUT2D eigenvalue weighted by atomic mass is 10.1. The van der Waals surface area contributed by atoms with Gasteiger partial charge in [0, 0.05) is 16.4 Å². The molecule has 1 heterocycles. The van der Waals surface area contributed by atoms with Crippen molar-refractivity contribution in [1.82, 2.24) is 15.1 Å². The predicted octanol–water partition coefficient (Wildman–Crippen LogP) is 4.86. The summed E-state index contributed by atoms with van der Waals surface area (Å²) in [5, 5.41) is 8.06. The van der Waals surface area contributed by atoms with Gasteiger partial charge in [0.15, 0.2) is 0 Å². The maximum atomic E-state index is 13.2. The normalized spacial score (nSPS) is 10.9. The number of hydrogen-bond donors (Lipinski definition) is 1. The molecule has 1 N–H and O–H groups in total. The van der Waals surface area contributed by atoms with E-state index in [1.165, 1.54) is 12.1 Å². The summed E-state index contributed by atoms with van der Waals surface area (Å²) in [4.78, 5) is 12.7. The minimum Gasteiger partial charge on any atom is -0.348 e. The van der Waals surface area contributed by atoms with E-state index in [4.69, 9.17) is 0 Å². The van der Waals surface area contributed by atoms with E-state index in [1.54, 1.807) is 29.1 Å². The highest BCUT2D eigenvalue weighted by atomic mass is 79.9. The molecule has 0 spiro atoms. The van der Waals surface area contributed by atoms with Crippen LogP contribution in [-0.2, 0) is 6.54 Å². The molecular weight excluding hydrogens is 409 g/mol. The SMILES string of the molecule is O=C(NCc1cccc(Br)c1)c1cccc2c1cnn2-c1ccc(F)cc1. The third-order valence-corrected chi connectivity index (χ3v) is 4.76. The monoisotopic (exact) mass is 423 g/mol. The number of hydrogen-bond acceptors (Lipinski definition) is 2. The van der Waals surface area contributed by atoms with Crippen LogP contribution in [0.3, 0.4) is 0 Å². The fourth-order valence-electron chi connectivity index (χ4n) is 2.96. The molecule has 0 saturated carbocycles. The van der Waals surface area contributed by atoms with Gasteiger partial charge in [-0.2, -0.15) is 5.10 Å². The Labute approximate surface area is 163 Å². The van der Waals surface area contributed by atoms with Gasteiger partial charge in [0.25, 0.3) is 5.91 Å². The molecule has 1 amide bonds. The van der Waals surface area contributed by atoms with Gasteiger partial charge in [0.05, 0.1) is 23.0 Å². The second-order valence-electron chi connectivity index (χ2n) is 6.08. The molecule has 0 aliphatic carbocycles. The number of nitrogens with one attached hydrogen (secondary N) is 1. The van der Waals surface area contributed by atoms with Crippen molar-refractivity contribution >= 4 is 32.7 Å². The van der Waals surface area contributed by atoms with Crippen LogP contribution >= 0.6 is 15.9 Å². The number of aromatic nitrogens is 2. The molecule has 0 aliphatic rings. The second kappa shape index (κ2) is 7.32. The average Bonchev–Trinajstić information content (AvgIpc) is 3.11. The zero-order chi connectivity index (χ0) is 18.8. The van der Waals surface area contributed by atoms with Crippen molar-refractivity contribution in [2.45, 2.75) is 6.54 Å². The number of nitrogens with zero attached hydrogens (tertiary/aromatic N) is 2. The van der Waals surface area contributed by atoms with Gasteiger partial charge in [-0.15, -0.1) is 0 Å². The van der Waals surface area contributed by atoms with E-state index in [0.29, 0.717) is 12.1 Å². The second-order valence-corrected chi connectivity index (χ2v) is 7.00. The van der Waals surface area contributed by atoms with E-state index >= 15 is 0 Å². The standard InChI is InChI=1S/C21H15BrFN3O/c22-15-4-1-3-14(11-15)12-24-21(27)18-5-2-6-20-19(18)13-25-26(20)17-9-7-16(23)8-10-17/h1-11,13H,12H2,(H,24,27). The van der Waals surface area contributed by atoms with E-state index in [-0.39, 0.29) is 11.7 Å². The molecule has 0 atom stereocenters. The summed E-state index contributed by atoms with van der Waals surface area (Å²) in [6, 6.07) is 19.4. The number of amides is 1. The van der Waals surface area contributed by atoms with Crippen molar-refractivity contribution in [2.24, 2.45) is 0 Å². The Kier molecular flexibility index (Phi) is 4.73. The Morgan fingerprint density at radius 3 is 2.63 bits per heavy atom. The van der Waals surface area contributed by atoms with E-state index < -0.39 is 0 Å². The van der Waals surface area contributed by atoms with Gasteiger partial charge in [-0.3, -0.25) is 4.79 Å². The highest BCUT2D eigenvalue weighted by molar-refractivity contribution is 9.10. The molecule has 0 aliphatic heterocycles. The lowest BCUT2D eigenvalue weighted by Crippen LogP contribution is -2.22. The summed E-state index contributed by atoms with van der Waals surface area (Å²) in [5.74, 6) is -0.470. The third kappa shape index (κ3) is 3.61. The van der Waals surface area contributed by atoms with E-state index in [2.05, 4.69) is 26.3 Å². The number of benzene rings is 3. The first-order valence-electron chi connectivity index (χ1n) is 8.37. The van der Waals surface area contributed by atoms with Gasteiger partial charge in [0.1, 0.15) is 5.82 Å². The number of carbonyl (C=O) groups excluding carboxylic acids is 1. The molecule has 0 fully saturated rings. The summed E-state index contributed by atoms with van der Waals surface area (Å²) in [7, 11) is 0. The van der Waals surface area contributed by atoms with Crippen molar-refractivity contribution in [2.75, 3.05) is 0 Å². The van der Waals surface area contributed by atoms with E-state index in [0.717, 1.165) is 26.6 Å². The quantitative estimate of drug-likeness (QED) is 0.509. The molecule has 4 rings (SSSR count). The Balaban J connectivity index is 1.62. The van der Waals surface area contributed by atoms with Crippen LogP contribution in [0.1, 0.15) is 15.9 Å². The van der Waals surface area contributed by atoms with Crippen molar-refractivity contribution < 1.29 is 9.18 Å². The molecule has 0 saturated heterocycles. The number of carbonyl (C=O) groups is 1. The summed E-state index contributed by atoms with van der Waals surface area (Å²) < 4.78 is 15.8. The lowest BCUT2D eigenvalue weighted by Gasteiger charge is -2.08. The molecule has 3 aromatic carbocycles. The highest BCUT2D eigenvalue weighted by Gasteiger charge is 2.14. The minimum atomic E-state index is -0.303. The summed E-state index contributed by atoms with van der Waals surface area (Å²) in [6.07, 6.45) is 1.66. The molecule has 0 radical (unpaired) electrons. The summed E-state index contributed by atoms with van der Waals surface area (Å²) in [5.41, 5.74) is 3.08. The number of fused-ring (bicyclic) bond motifs is 1.